The van der Waals surface area contributed by atoms with Crippen molar-refractivity contribution in [1.82, 2.24) is 9.88 Å². The zero-order chi connectivity index (χ0) is 12.5. The normalized spacial score (nSPS) is 13.8. The molecule has 0 aliphatic carbocycles. The number of carbonyl (C=O) groups excluding carboxylic acids is 1. The molecule has 4 nitrogen and oxygen atoms in total. The van der Waals surface area contributed by atoms with Crippen LogP contribution in [0.25, 0.3) is 0 Å². The first kappa shape index (κ1) is 10.8. The summed E-state index contributed by atoms with van der Waals surface area (Å²) in [4.78, 5) is 18.2. The SMILES string of the molecule is Nc1ccc2c(c1)C(=O)N(Cc1ccccn1)C2. The molecule has 4 heteroatoms. The van der Waals surface area contributed by atoms with Crippen molar-refractivity contribution in [3.8, 4) is 0 Å². The van der Waals surface area contributed by atoms with E-state index in [1.165, 1.54) is 0 Å². The molecule has 1 aromatic carbocycles. The predicted molar refractivity (Wildman–Crippen MR) is 68.7 cm³/mol. The lowest BCUT2D eigenvalue weighted by molar-refractivity contribution is 0.0765. The summed E-state index contributed by atoms with van der Waals surface area (Å²) in [5, 5.41) is 0. The molecule has 0 saturated heterocycles. The van der Waals surface area contributed by atoms with Gasteiger partial charge in [0.25, 0.3) is 5.91 Å². The molecule has 0 unspecified atom stereocenters. The van der Waals surface area contributed by atoms with Gasteiger partial charge in [-0.25, -0.2) is 0 Å². The number of nitrogens with zero attached hydrogens (tertiary/aromatic N) is 2. The van der Waals surface area contributed by atoms with Crippen LogP contribution in [0.4, 0.5) is 5.69 Å². The molecule has 1 aliphatic heterocycles. The Morgan fingerprint density at radius 3 is 2.94 bits per heavy atom. The second-order valence-electron chi connectivity index (χ2n) is 4.40. The molecule has 0 saturated carbocycles. The first-order chi connectivity index (χ1) is 8.74. The van der Waals surface area contributed by atoms with E-state index in [4.69, 9.17) is 5.73 Å². The molecular formula is C14H13N3O. The molecule has 2 aromatic rings. The lowest BCUT2D eigenvalue weighted by Crippen LogP contribution is -2.23. The number of rotatable bonds is 2. The fraction of sp³-hybridized carbons (Fsp3) is 0.143. The quantitative estimate of drug-likeness (QED) is 0.813. The van der Waals surface area contributed by atoms with Crippen LogP contribution in [0.3, 0.4) is 0 Å². The Balaban J connectivity index is 1.85. The number of hydrogen-bond acceptors (Lipinski definition) is 3. The van der Waals surface area contributed by atoms with Gasteiger partial charge >= 0.3 is 0 Å². The van der Waals surface area contributed by atoms with Crippen molar-refractivity contribution < 1.29 is 4.79 Å². The number of nitrogens with two attached hydrogens (primary N) is 1. The molecule has 0 radical (unpaired) electrons. The summed E-state index contributed by atoms with van der Waals surface area (Å²) in [5.74, 6) is 0.0305. The van der Waals surface area contributed by atoms with Crippen LogP contribution in [0.15, 0.2) is 42.6 Å². The molecule has 1 aliphatic rings. The lowest BCUT2D eigenvalue weighted by atomic mass is 10.1. The highest BCUT2D eigenvalue weighted by molar-refractivity contribution is 5.99. The Labute approximate surface area is 105 Å². The average Bonchev–Trinajstić information content (AvgIpc) is 2.68. The maximum atomic E-state index is 12.2. The zero-order valence-corrected chi connectivity index (χ0v) is 9.84. The number of anilines is 1. The van der Waals surface area contributed by atoms with Crippen molar-refractivity contribution in [2.75, 3.05) is 5.73 Å². The van der Waals surface area contributed by atoms with Crippen molar-refractivity contribution in [1.29, 1.82) is 0 Å². The monoisotopic (exact) mass is 239 g/mol. The van der Waals surface area contributed by atoms with Gasteiger partial charge in [-0.1, -0.05) is 12.1 Å². The van der Waals surface area contributed by atoms with Crippen molar-refractivity contribution in [2.45, 2.75) is 13.1 Å². The van der Waals surface area contributed by atoms with Gasteiger partial charge in [0.1, 0.15) is 0 Å². The molecule has 1 amide bonds. The predicted octanol–water partition coefficient (Wildman–Crippen LogP) is 1.82. The second-order valence-corrected chi connectivity index (χ2v) is 4.40. The summed E-state index contributed by atoms with van der Waals surface area (Å²) in [6.45, 7) is 1.17. The van der Waals surface area contributed by atoms with E-state index < -0.39 is 0 Å². The third kappa shape index (κ3) is 1.82. The largest absolute Gasteiger partial charge is 0.399 e. The molecule has 18 heavy (non-hydrogen) atoms. The molecule has 0 atom stereocenters. The van der Waals surface area contributed by atoms with Gasteiger partial charge in [0.2, 0.25) is 0 Å². The Bertz CT molecular complexity index is 595. The maximum absolute atomic E-state index is 12.2. The summed E-state index contributed by atoms with van der Waals surface area (Å²) in [5.41, 5.74) is 8.98. The van der Waals surface area contributed by atoms with E-state index in [9.17, 15) is 4.79 Å². The molecule has 0 spiro atoms. The number of benzene rings is 1. The summed E-state index contributed by atoms with van der Waals surface area (Å²) in [6, 6.07) is 11.2. The molecule has 3 rings (SSSR count). The number of hydrogen-bond donors (Lipinski definition) is 1. The minimum atomic E-state index is 0.0305. The highest BCUT2D eigenvalue weighted by atomic mass is 16.2. The number of fused-ring (bicyclic) bond motifs is 1. The van der Waals surface area contributed by atoms with Crippen molar-refractivity contribution in [3.05, 3.63) is 59.4 Å². The maximum Gasteiger partial charge on any atom is 0.254 e. The minimum absolute atomic E-state index is 0.0305. The highest BCUT2D eigenvalue weighted by Gasteiger charge is 2.27. The van der Waals surface area contributed by atoms with E-state index >= 15 is 0 Å². The van der Waals surface area contributed by atoms with Gasteiger partial charge in [0.15, 0.2) is 0 Å². The third-order valence-electron chi connectivity index (χ3n) is 3.09. The summed E-state index contributed by atoms with van der Waals surface area (Å²) < 4.78 is 0. The zero-order valence-electron chi connectivity index (χ0n) is 9.84. The van der Waals surface area contributed by atoms with Gasteiger partial charge in [0.05, 0.1) is 12.2 Å². The fourth-order valence-corrected chi connectivity index (χ4v) is 2.19. The van der Waals surface area contributed by atoms with Crippen LogP contribution in [0.1, 0.15) is 21.6 Å². The number of nitrogen functional groups attached to an aromatic ring is 1. The van der Waals surface area contributed by atoms with E-state index in [0.717, 1.165) is 11.3 Å². The van der Waals surface area contributed by atoms with Crippen LogP contribution in [0, 0.1) is 0 Å². The Hall–Kier alpha value is -2.36. The Morgan fingerprint density at radius 1 is 1.28 bits per heavy atom. The van der Waals surface area contributed by atoms with E-state index in [0.29, 0.717) is 24.3 Å². The van der Waals surface area contributed by atoms with Crippen LogP contribution in [0.5, 0.6) is 0 Å². The molecule has 2 N–H and O–H groups in total. The second kappa shape index (κ2) is 4.14. The Morgan fingerprint density at radius 2 is 2.17 bits per heavy atom. The molecular weight excluding hydrogens is 226 g/mol. The van der Waals surface area contributed by atoms with E-state index in [-0.39, 0.29) is 5.91 Å². The van der Waals surface area contributed by atoms with Crippen LogP contribution < -0.4 is 5.73 Å². The third-order valence-corrected chi connectivity index (χ3v) is 3.09. The van der Waals surface area contributed by atoms with Crippen LogP contribution in [-0.2, 0) is 13.1 Å². The Kier molecular flexibility index (Phi) is 2.48. The van der Waals surface area contributed by atoms with Gasteiger partial charge in [-0.05, 0) is 29.8 Å². The average molecular weight is 239 g/mol. The molecule has 0 fully saturated rings. The summed E-state index contributed by atoms with van der Waals surface area (Å²) >= 11 is 0. The standard InChI is InChI=1S/C14H13N3O/c15-11-5-4-10-8-17(14(18)13(10)7-11)9-12-3-1-2-6-16-12/h1-7H,8-9,15H2. The van der Waals surface area contributed by atoms with Crippen LogP contribution in [-0.4, -0.2) is 15.8 Å². The van der Waals surface area contributed by atoms with Gasteiger partial charge in [-0.15, -0.1) is 0 Å². The molecule has 2 heterocycles. The van der Waals surface area contributed by atoms with Crippen LogP contribution >= 0.6 is 0 Å². The van der Waals surface area contributed by atoms with E-state index in [1.807, 2.05) is 30.3 Å². The minimum Gasteiger partial charge on any atom is -0.399 e. The number of aromatic nitrogens is 1. The molecule has 90 valence electrons. The van der Waals surface area contributed by atoms with Gasteiger partial charge in [0, 0.05) is 24.0 Å². The topological polar surface area (TPSA) is 59.2 Å². The molecule has 1 aromatic heterocycles. The summed E-state index contributed by atoms with van der Waals surface area (Å²) in [7, 11) is 0. The lowest BCUT2D eigenvalue weighted by Gasteiger charge is -2.14. The number of pyridine rings is 1. The van der Waals surface area contributed by atoms with Crippen molar-refractivity contribution in [2.24, 2.45) is 0 Å². The number of carbonyl (C=O) groups is 1. The van der Waals surface area contributed by atoms with Crippen LogP contribution in [0.2, 0.25) is 0 Å². The van der Waals surface area contributed by atoms with E-state index in [1.54, 1.807) is 17.2 Å². The summed E-state index contributed by atoms with van der Waals surface area (Å²) in [6.07, 6.45) is 1.74. The van der Waals surface area contributed by atoms with Crippen molar-refractivity contribution >= 4 is 11.6 Å². The fourth-order valence-electron chi connectivity index (χ4n) is 2.19. The van der Waals surface area contributed by atoms with Crippen molar-refractivity contribution in [3.63, 3.8) is 0 Å². The van der Waals surface area contributed by atoms with Gasteiger partial charge < -0.3 is 10.6 Å². The number of amides is 1. The highest BCUT2D eigenvalue weighted by Crippen LogP contribution is 2.25. The van der Waals surface area contributed by atoms with Gasteiger partial charge in [-0.2, -0.15) is 0 Å². The van der Waals surface area contributed by atoms with Gasteiger partial charge in [-0.3, -0.25) is 9.78 Å². The smallest absolute Gasteiger partial charge is 0.254 e. The van der Waals surface area contributed by atoms with E-state index in [2.05, 4.69) is 4.98 Å². The first-order valence-electron chi connectivity index (χ1n) is 5.81. The molecule has 0 bridgehead atoms. The first-order valence-corrected chi connectivity index (χ1v) is 5.81.